The smallest absolute Gasteiger partial charge is 0.186 e. The fourth-order valence-corrected chi connectivity index (χ4v) is 8.69. The van der Waals surface area contributed by atoms with Gasteiger partial charge in [-0.25, -0.2) is 0 Å². The van der Waals surface area contributed by atoms with Gasteiger partial charge in [0.15, 0.2) is 5.79 Å². The molecule has 5 rings (SSSR count). The zero-order valence-corrected chi connectivity index (χ0v) is 17.1. The van der Waals surface area contributed by atoms with E-state index in [1.807, 2.05) is 0 Å². The lowest BCUT2D eigenvalue weighted by Gasteiger charge is -2.58. The molecule has 4 heteroatoms. The number of hydrogen-bond donors (Lipinski definition) is 1. The summed E-state index contributed by atoms with van der Waals surface area (Å²) in [5.74, 6) is 1.75. The Balaban J connectivity index is 1.51. The highest BCUT2D eigenvalue weighted by Crippen LogP contribution is 2.69. The van der Waals surface area contributed by atoms with Crippen molar-refractivity contribution in [2.75, 3.05) is 13.2 Å². The van der Waals surface area contributed by atoms with Gasteiger partial charge < -0.3 is 14.6 Å². The molecule has 4 aliphatic carbocycles. The Hall–Kier alpha value is 0.1000. The number of halogens is 1. The third kappa shape index (κ3) is 2.09. The summed E-state index contributed by atoms with van der Waals surface area (Å²) in [5.41, 5.74) is 1.97. The molecule has 0 aromatic carbocycles. The minimum absolute atomic E-state index is 0.119. The van der Waals surface area contributed by atoms with Crippen molar-refractivity contribution in [1.29, 1.82) is 0 Å². The Morgan fingerprint density at radius 3 is 2.64 bits per heavy atom. The molecule has 5 unspecified atom stereocenters. The summed E-state index contributed by atoms with van der Waals surface area (Å²) >= 11 is 3.96. The van der Waals surface area contributed by atoms with Crippen LogP contribution in [0.2, 0.25) is 0 Å². The number of alkyl halides is 1. The maximum Gasteiger partial charge on any atom is 0.186 e. The minimum atomic E-state index is -0.406. The molecule has 1 spiro atoms. The van der Waals surface area contributed by atoms with E-state index < -0.39 is 5.79 Å². The van der Waals surface area contributed by atoms with Crippen molar-refractivity contribution < 1.29 is 14.6 Å². The zero-order valence-electron chi connectivity index (χ0n) is 15.5. The topological polar surface area (TPSA) is 38.7 Å². The summed E-state index contributed by atoms with van der Waals surface area (Å²) in [6.07, 6.45) is 10.2. The summed E-state index contributed by atoms with van der Waals surface area (Å²) in [5, 5.41) is 10.1. The molecule has 1 heterocycles. The number of hydrogen-bond acceptors (Lipinski definition) is 3. The van der Waals surface area contributed by atoms with E-state index >= 15 is 0 Å². The van der Waals surface area contributed by atoms with E-state index in [2.05, 4.69) is 35.9 Å². The van der Waals surface area contributed by atoms with Crippen LogP contribution >= 0.6 is 15.9 Å². The van der Waals surface area contributed by atoms with Crippen LogP contribution in [0.5, 0.6) is 0 Å². The molecule has 1 saturated heterocycles. The maximum atomic E-state index is 10.1. The average molecular weight is 411 g/mol. The monoisotopic (exact) mass is 410 g/mol. The predicted octanol–water partition coefficient (Wildman–Crippen LogP) is 4.43. The number of aliphatic hydroxyl groups is 1. The van der Waals surface area contributed by atoms with Gasteiger partial charge in [0, 0.05) is 5.41 Å². The molecule has 0 radical (unpaired) electrons. The molecule has 140 valence electrons. The lowest BCUT2D eigenvalue weighted by Crippen LogP contribution is -2.56. The molecule has 3 nitrogen and oxygen atoms in total. The lowest BCUT2D eigenvalue weighted by molar-refractivity contribution is -0.238. The lowest BCUT2D eigenvalue weighted by atomic mass is 9.47. The summed E-state index contributed by atoms with van der Waals surface area (Å²) in [7, 11) is 0. The first-order valence-electron chi connectivity index (χ1n) is 10.2. The fourth-order valence-electron chi connectivity index (χ4n) is 7.50. The molecule has 0 bridgehead atoms. The number of fused-ring (bicyclic) bond motifs is 6. The molecule has 1 N–H and O–H groups in total. The first-order chi connectivity index (χ1) is 11.9. The third-order valence-electron chi connectivity index (χ3n) is 8.85. The molecule has 7 atom stereocenters. The second kappa shape index (κ2) is 5.56. The van der Waals surface area contributed by atoms with Crippen LogP contribution in [0, 0.1) is 28.6 Å². The molecule has 4 fully saturated rings. The molecule has 5 aliphatic rings. The SMILES string of the molecule is C[C@]12CCC(O)CC1=CCC1C2CC[C@@]2(C)C1CC(Br)C21OCCO1. The van der Waals surface area contributed by atoms with Crippen molar-refractivity contribution >= 4 is 15.9 Å². The van der Waals surface area contributed by atoms with Crippen molar-refractivity contribution in [2.24, 2.45) is 28.6 Å². The van der Waals surface area contributed by atoms with Crippen LogP contribution in [0.25, 0.3) is 0 Å². The van der Waals surface area contributed by atoms with Gasteiger partial charge in [-0.2, -0.15) is 0 Å². The first kappa shape index (κ1) is 17.2. The molecular formula is C21H31BrO3. The van der Waals surface area contributed by atoms with Crippen LogP contribution in [0.1, 0.15) is 58.8 Å². The van der Waals surface area contributed by atoms with E-state index in [4.69, 9.17) is 9.47 Å². The summed E-state index contributed by atoms with van der Waals surface area (Å²) < 4.78 is 12.6. The van der Waals surface area contributed by atoms with Gasteiger partial charge in [0.2, 0.25) is 0 Å². The van der Waals surface area contributed by atoms with Crippen molar-refractivity contribution in [1.82, 2.24) is 0 Å². The average Bonchev–Trinajstić information content (AvgIpc) is 3.16. The van der Waals surface area contributed by atoms with Crippen molar-refractivity contribution in [3.63, 3.8) is 0 Å². The Labute approximate surface area is 159 Å². The Morgan fingerprint density at radius 2 is 1.88 bits per heavy atom. The maximum absolute atomic E-state index is 10.1. The van der Waals surface area contributed by atoms with E-state index in [0.717, 1.165) is 44.3 Å². The van der Waals surface area contributed by atoms with Crippen molar-refractivity contribution in [3.05, 3.63) is 11.6 Å². The fraction of sp³-hybridized carbons (Fsp3) is 0.905. The van der Waals surface area contributed by atoms with Crippen LogP contribution in [-0.2, 0) is 9.47 Å². The minimum Gasteiger partial charge on any atom is -0.393 e. The van der Waals surface area contributed by atoms with Gasteiger partial charge in [-0.05, 0) is 68.1 Å². The Morgan fingerprint density at radius 1 is 1.12 bits per heavy atom. The van der Waals surface area contributed by atoms with Gasteiger partial charge in [0.05, 0.1) is 24.1 Å². The van der Waals surface area contributed by atoms with Gasteiger partial charge in [0.1, 0.15) is 0 Å². The third-order valence-corrected chi connectivity index (χ3v) is 9.83. The van der Waals surface area contributed by atoms with E-state index in [1.165, 1.54) is 25.7 Å². The van der Waals surface area contributed by atoms with E-state index in [1.54, 1.807) is 5.57 Å². The van der Waals surface area contributed by atoms with Crippen molar-refractivity contribution in [3.8, 4) is 0 Å². The second-order valence-corrected chi connectivity index (χ2v) is 10.8. The standard InChI is InChI=1S/C21H31BrO3/c1-19-7-5-14(23)11-13(19)3-4-15-16(19)6-8-20(2)17(15)12-18(22)21(20)24-9-10-25-21/h3,14-18,23H,4-12H2,1-2H3/t14?,15?,16?,17?,18?,19-,20-/m0/s1. The largest absolute Gasteiger partial charge is 0.393 e. The highest BCUT2D eigenvalue weighted by molar-refractivity contribution is 9.09. The number of aliphatic hydroxyl groups excluding tert-OH is 1. The molecule has 0 amide bonds. The van der Waals surface area contributed by atoms with E-state index in [0.29, 0.717) is 16.2 Å². The first-order valence-corrected chi connectivity index (χ1v) is 11.1. The quantitative estimate of drug-likeness (QED) is 0.474. The van der Waals surface area contributed by atoms with Crippen molar-refractivity contribution in [2.45, 2.75) is 75.5 Å². The normalized spacial score (nSPS) is 53.9. The number of rotatable bonds is 0. The molecular weight excluding hydrogens is 380 g/mol. The van der Waals surface area contributed by atoms with Crippen LogP contribution in [0.15, 0.2) is 11.6 Å². The summed E-state index contributed by atoms with van der Waals surface area (Å²) in [4.78, 5) is 0.308. The molecule has 0 aromatic heterocycles. The van der Waals surface area contributed by atoms with Gasteiger partial charge in [0.25, 0.3) is 0 Å². The van der Waals surface area contributed by atoms with Gasteiger partial charge >= 0.3 is 0 Å². The highest BCUT2D eigenvalue weighted by atomic mass is 79.9. The number of allylic oxidation sites excluding steroid dienone is 1. The van der Waals surface area contributed by atoms with Crippen LogP contribution < -0.4 is 0 Å². The molecule has 0 aromatic rings. The zero-order chi connectivity index (χ0) is 17.4. The second-order valence-electron chi connectivity index (χ2n) is 9.68. The Bertz CT molecular complexity index is 598. The van der Waals surface area contributed by atoms with Gasteiger partial charge in [-0.15, -0.1) is 0 Å². The summed E-state index contributed by atoms with van der Waals surface area (Å²) in [6, 6.07) is 0. The van der Waals surface area contributed by atoms with Crippen LogP contribution in [0.4, 0.5) is 0 Å². The van der Waals surface area contributed by atoms with Gasteiger partial charge in [-0.3, -0.25) is 0 Å². The summed E-state index contributed by atoms with van der Waals surface area (Å²) in [6.45, 7) is 6.39. The highest BCUT2D eigenvalue weighted by Gasteiger charge is 2.69. The van der Waals surface area contributed by atoms with E-state index in [9.17, 15) is 5.11 Å². The Kier molecular flexibility index (Phi) is 3.83. The molecule has 25 heavy (non-hydrogen) atoms. The van der Waals surface area contributed by atoms with Crippen LogP contribution in [-0.4, -0.2) is 35.0 Å². The predicted molar refractivity (Wildman–Crippen MR) is 100 cm³/mol. The number of ether oxygens (including phenoxy) is 2. The molecule has 3 saturated carbocycles. The van der Waals surface area contributed by atoms with Gasteiger partial charge in [-0.1, -0.05) is 41.4 Å². The molecule has 1 aliphatic heterocycles. The van der Waals surface area contributed by atoms with Crippen LogP contribution in [0.3, 0.4) is 0 Å². The van der Waals surface area contributed by atoms with E-state index in [-0.39, 0.29) is 11.5 Å².